The lowest BCUT2D eigenvalue weighted by molar-refractivity contribution is 0.289. The Morgan fingerprint density at radius 3 is 3.00 bits per heavy atom. The van der Waals surface area contributed by atoms with Gasteiger partial charge in [-0.15, -0.1) is 0 Å². The van der Waals surface area contributed by atoms with Crippen LogP contribution < -0.4 is 10.1 Å². The van der Waals surface area contributed by atoms with Gasteiger partial charge < -0.3 is 14.6 Å². The lowest BCUT2D eigenvalue weighted by Crippen LogP contribution is -2.14. The standard InChI is InChI=1S/C16H20FN3O/c1-11(18-2)15-7-12(17)3-6-16(15)21-9-14-8-19-10-20(14)13-4-5-13/h3,6-8,10-11,13,18H,4-5,9H2,1-2H3. The van der Waals surface area contributed by atoms with Crippen molar-refractivity contribution < 1.29 is 9.13 Å². The van der Waals surface area contributed by atoms with E-state index in [9.17, 15) is 4.39 Å². The molecule has 4 nitrogen and oxygen atoms in total. The normalized spacial score (nSPS) is 16.0. The van der Waals surface area contributed by atoms with Crippen molar-refractivity contribution in [3.8, 4) is 5.75 Å². The van der Waals surface area contributed by atoms with Crippen LogP contribution in [0.1, 0.15) is 43.1 Å². The van der Waals surface area contributed by atoms with Gasteiger partial charge in [-0.3, -0.25) is 0 Å². The molecule has 1 N–H and O–H groups in total. The summed E-state index contributed by atoms with van der Waals surface area (Å²) in [6, 6.07) is 5.25. The molecule has 1 heterocycles. The number of halogens is 1. The Labute approximate surface area is 124 Å². The van der Waals surface area contributed by atoms with Crippen LogP contribution in [0.5, 0.6) is 5.75 Å². The van der Waals surface area contributed by atoms with Crippen LogP contribution in [0.25, 0.3) is 0 Å². The van der Waals surface area contributed by atoms with Crippen molar-refractivity contribution >= 4 is 0 Å². The van der Waals surface area contributed by atoms with Gasteiger partial charge in [-0.1, -0.05) is 0 Å². The number of nitrogens with zero attached hydrogens (tertiary/aromatic N) is 2. The van der Waals surface area contributed by atoms with E-state index in [4.69, 9.17) is 4.74 Å². The molecule has 1 aromatic heterocycles. The van der Waals surface area contributed by atoms with E-state index >= 15 is 0 Å². The van der Waals surface area contributed by atoms with Gasteiger partial charge in [0.1, 0.15) is 18.2 Å². The van der Waals surface area contributed by atoms with Gasteiger partial charge in [0, 0.05) is 17.6 Å². The average Bonchev–Trinajstić information content (AvgIpc) is 3.24. The summed E-state index contributed by atoms with van der Waals surface area (Å²) in [5.41, 5.74) is 1.89. The summed E-state index contributed by atoms with van der Waals surface area (Å²) in [7, 11) is 1.85. The lowest BCUT2D eigenvalue weighted by atomic mass is 10.1. The number of benzene rings is 1. The molecular formula is C16H20FN3O. The van der Waals surface area contributed by atoms with E-state index in [1.165, 1.54) is 25.0 Å². The zero-order valence-electron chi connectivity index (χ0n) is 12.3. The molecule has 112 valence electrons. The Bertz CT molecular complexity index is 622. The van der Waals surface area contributed by atoms with Crippen LogP contribution in [0.3, 0.4) is 0 Å². The molecule has 5 heteroatoms. The molecule has 0 aliphatic heterocycles. The molecule has 1 saturated carbocycles. The first-order valence-corrected chi connectivity index (χ1v) is 7.29. The van der Waals surface area contributed by atoms with E-state index in [-0.39, 0.29) is 11.9 Å². The molecule has 1 aromatic carbocycles. The van der Waals surface area contributed by atoms with Crippen LogP contribution in [-0.2, 0) is 6.61 Å². The molecule has 0 spiro atoms. The highest BCUT2D eigenvalue weighted by molar-refractivity contribution is 5.36. The molecule has 0 bridgehead atoms. The van der Waals surface area contributed by atoms with Crippen molar-refractivity contribution in [2.75, 3.05) is 7.05 Å². The third-order valence-corrected chi connectivity index (χ3v) is 3.93. The predicted octanol–water partition coefficient (Wildman–Crippen LogP) is 3.22. The maximum absolute atomic E-state index is 13.4. The number of aromatic nitrogens is 2. The predicted molar refractivity (Wildman–Crippen MR) is 78.7 cm³/mol. The number of nitrogens with one attached hydrogen (secondary N) is 1. The van der Waals surface area contributed by atoms with Gasteiger partial charge in [-0.05, 0) is 45.0 Å². The fraction of sp³-hybridized carbons (Fsp3) is 0.438. The number of ether oxygens (including phenoxy) is 1. The van der Waals surface area contributed by atoms with E-state index in [0.29, 0.717) is 18.4 Å². The quantitative estimate of drug-likeness (QED) is 0.887. The molecule has 0 saturated heterocycles. The minimum Gasteiger partial charge on any atom is -0.487 e. The summed E-state index contributed by atoms with van der Waals surface area (Å²) in [5, 5.41) is 3.12. The fourth-order valence-corrected chi connectivity index (χ4v) is 2.42. The van der Waals surface area contributed by atoms with Crippen LogP contribution in [-0.4, -0.2) is 16.6 Å². The summed E-state index contributed by atoms with van der Waals surface area (Å²) in [6.07, 6.45) is 6.12. The molecule has 2 aromatic rings. The van der Waals surface area contributed by atoms with E-state index in [0.717, 1.165) is 11.3 Å². The van der Waals surface area contributed by atoms with Crippen LogP contribution in [0, 0.1) is 5.82 Å². The van der Waals surface area contributed by atoms with Gasteiger partial charge in [-0.25, -0.2) is 9.37 Å². The Morgan fingerprint density at radius 2 is 2.29 bits per heavy atom. The second kappa shape index (κ2) is 5.85. The highest BCUT2D eigenvalue weighted by Gasteiger charge is 2.25. The van der Waals surface area contributed by atoms with Crippen LogP contribution >= 0.6 is 0 Å². The third-order valence-electron chi connectivity index (χ3n) is 3.93. The second-order valence-electron chi connectivity index (χ2n) is 5.50. The number of imidazole rings is 1. The van der Waals surface area contributed by atoms with Gasteiger partial charge in [-0.2, -0.15) is 0 Å². The average molecular weight is 289 g/mol. The van der Waals surface area contributed by atoms with Crippen molar-refractivity contribution in [3.63, 3.8) is 0 Å². The van der Waals surface area contributed by atoms with Crippen molar-refractivity contribution in [2.45, 2.75) is 38.5 Å². The molecular weight excluding hydrogens is 269 g/mol. The van der Waals surface area contributed by atoms with Crippen LogP contribution in [0.2, 0.25) is 0 Å². The van der Waals surface area contributed by atoms with E-state index in [1.807, 2.05) is 26.5 Å². The van der Waals surface area contributed by atoms with Gasteiger partial charge in [0.25, 0.3) is 0 Å². The van der Waals surface area contributed by atoms with E-state index < -0.39 is 0 Å². The number of hydrogen-bond donors (Lipinski definition) is 1. The number of rotatable bonds is 6. The highest BCUT2D eigenvalue weighted by atomic mass is 19.1. The van der Waals surface area contributed by atoms with E-state index in [1.54, 1.807) is 6.07 Å². The molecule has 0 amide bonds. The monoisotopic (exact) mass is 289 g/mol. The zero-order chi connectivity index (χ0) is 14.8. The van der Waals surface area contributed by atoms with Gasteiger partial charge in [0.2, 0.25) is 0 Å². The highest BCUT2D eigenvalue weighted by Crippen LogP contribution is 2.36. The molecule has 1 aliphatic carbocycles. The maximum atomic E-state index is 13.4. The molecule has 1 fully saturated rings. The van der Waals surface area contributed by atoms with Crippen LogP contribution in [0.4, 0.5) is 4.39 Å². The summed E-state index contributed by atoms with van der Waals surface area (Å²) in [4.78, 5) is 4.19. The fourth-order valence-electron chi connectivity index (χ4n) is 2.42. The molecule has 21 heavy (non-hydrogen) atoms. The maximum Gasteiger partial charge on any atom is 0.130 e. The second-order valence-corrected chi connectivity index (χ2v) is 5.50. The minimum absolute atomic E-state index is 0.0315. The summed E-state index contributed by atoms with van der Waals surface area (Å²) in [5.74, 6) is 0.462. The summed E-state index contributed by atoms with van der Waals surface area (Å²) in [6.45, 7) is 2.43. The van der Waals surface area contributed by atoms with Gasteiger partial charge in [0.15, 0.2) is 0 Å². The van der Waals surface area contributed by atoms with Crippen molar-refractivity contribution in [2.24, 2.45) is 0 Å². The van der Waals surface area contributed by atoms with Crippen molar-refractivity contribution in [1.29, 1.82) is 0 Å². The first-order chi connectivity index (χ1) is 10.2. The number of hydrogen-bond acceptors (Lipinski definition) is 3. The summed E-state index contributed by atoms with van der Waals surface area (Å²) < 4.78 is 21.5. The van der Waals surface area contributed by atoms with Gasteiger partial charge >= 0.3 is 0 Å². The Morgan fingerprint density at radius 1 is 1.48 bits per heavy atom. The Kier molecular flexibility index (Phi) is 3.92. The topological polar surface area (TPSA) is 39.1 Å². The first kappa shape index (κ1) is 14.1. The first-order valence-electron chi connectivity index (χ1n) is 7.29. The minimum atomic E-state index is -0.248. The van der Waals surface area contributed by atoms with Crippen LogP contribution in [0.15, 0.2) is 30.7 Å². The molecule has 3 rings (SSSR count). The Balaban J connectivity index is 1.76. The lowest BCUT2D eigenvalue weighted by Gasteiger charge is -2.17. The Hall–Kier alpha value is -1.88. The molecule has 1 unspecified atom stereocenters. The molecule has 0 radical (unpaired) electrons. The molecule has 1 aliphatic rings. The van der Waals surface area contributed by atoms with Gasteiger partial charge in [0.05, 0.1) is 18.2 Å². The van der Waals surface area contributed by atoms with E-state index in [2.05, 4.69) is 14.9 Å². The van der Waals surface area contributed by atoms with Crippen molar-refractivity contribution in [1.82, 2.24) is 14.9 Å². The smallest absolute Gasteiger partial charge is 0.130 e. The SMILES string of the molecule is CNC(C)c1cc(F)ccc1OCc1cncn1C1CC1. The largest absolute Gasteiger partial charge is 0.487 e. The third kappa shape index (κ3) is 3.08. The van der Waals surface area contributed by atoms with Crippen molar-refractivity contribution in [3.05, 3.63) is 47.8 Å². The summed E-state index contributed by atoms with van der Waals surface area (Å²) >= 11 is 0. The zero-order valence-corrected chi connectivity index (χ0v) is 12.3. The molecule has 1 atom stereocenters.